The molecule has 5 nitrogen and oxygen atoms in total. The molecule has 1 unspecified atom stereocenters. The molecule has 0 aliphatic heterocycles. The number of anilines is 1. The largest absolute Gasteiger partial charge is 0.385 e. The lowest BCUT2D eigenvalue weighted by molar-refractivity contribution is 0.128. The third-order valence-corrected chi connectivity index (χ3v) is 2.41. The lowest BCUT2D eigenvalue weighted by Gasteiger charge is -2.13. The number of imidazole rings is 1. The van der Waals surface area contributed by atoms with Gasteiger partial charge in [-0.3, -0.25) is 0 Å². The van der Waals surface area contributed by atoms with Gasteiger partial charge in [0.1, 0.15) is 0 Å². The van der Waals surface area contributed by atoms with Crippen LogP contribution in [0.3, 0.4) is 0 Å². The van der Waals surface area contributed by atoms with E-state index in [4.69, 9.17) is 9.47 Å². The fraction of sp³-hybridized carbons (Fsp3) is 0.727. The zero-order chi connectivity index (χ0) is 11.8. The molecule has 1 rings (SSSR count). The molecule has 0 aromatic carbocycles. The van der Waals surface area contributed by atoms with Crippen LogP contribution in [0.2, 0.25) is 0 Å². The first-order valence-corrected chi connectivity index (χ1v) is 5.54. The first-order chi connectivity index (χ1) is 7.77. The highest BCUT2D eigenvalue weighted by atomic mass is 16.5. The molecule has 5 heteroatoms. The van der Waals surface area contributed by atoms with Crippen LogP contribution in [0.5, 0.6) is 0 Å². The second-order valence-electron chi connectivity index (χ2n) is 3.72. The summed E-state index contributed by atoms with van der Waals surface area (Å²) in [7, 11) is 3.42. The zero-order valence-electron chi connectivity index (χ0n) is 10.3. The third-order valence-electron chi connectivity index (χ3n) is 2.41. The molecule has 1 atom stereocenters. The number of aromatic nitrogens is 2. The molecular weight excluding hydrogens is 206 g/mol. The van der Waals surface area contributed by atoms with Crippen LogP contribution < -0.4 is 5.32 Å². The van der Waals surface area contributed by atoms with E-state index < -0.39 is 0 Å². The van der Waals surface area contributed by atoms with Gasteiger partial charge in [-0.15, -0.1) is 0 Å². The van der Waals surface area contributed by atoms with Crippen molar-refractivity contribution in [3.8, 4) is 0 Å². The van der Waals surface area contributed by atoms with E-state index in [1.54, 1.807) is 20.4 Å². The molecule has 0 radical (unpaired) electrons. The molecule has 92 valence electrons. The monoisotopic (exact) mass is 227 g/mol. The van der Waals surface area contributed by atoms with E-state index in [9.17, 15) is 0 Å². The van der Waals surface area contributed by atoms with Crippen molar-refractivity contribution in [3.05, 3.63) is 12.4 Å². The zero-order valence-corrected chi connectivity index (χ0v) is 10.3. The van der Waals surface area contributed by atoms with Gasteiger partial charge in [0.15, 0.2) is 0 Å². The molecule has 16 heavy (non-hydrogen) atoms. The Bertz CT molecular complexity index is 289. The molecule has 0 aliphatic rings. The van der Waals surface area contributed by atoms with Crippen LogP contribution in [0.1, 0.15) is 13.3 Å². The maximum absolute atomic E-state index is 5.17. The van der Waals surface area contributed by atoms with E-state index in [-0.39, 0.29) is 6.10 Å². The van der Waals surface area contributed by atoms with Gasteiger partial charge in [-0.05, 0) is 13.3 Å². The standard InChI is InChI=1S/C11H21N3O2/c1-10(16-3)9-13-11-12-5-7-14(11)6-4-8-15-2/h5,7,10H,4,6,8-9H2,1-3H3,(H,12,13). The van der Waals surface area contributed by atoms with Gasteiger partial charge in [0.2, 0.25) is 5.95 Å². The Morgan fingerprint density at radius 3 is 3.00 bits per heavy atom. The van der Waals surface area contributed by atoms with E-state index in [2.05, 4.69) is 14.9 Å². The first kappa shape index (κ1) is 13.0. The fourth-order valence-corrected chi connectivity index (χ4v) is 1.35. The van der Waals surface area contributed by atoms with Crippen LogP contribution in [0.4, 0.5) is 5.95 Å². The average Bonchev–Trinajstić information content (AvgIpc) is 2.74. The Labute approximate surface area is 96.8 Å². The average molecular weight is 227 g/mol. The van der Waals surface area contributed by atoms with Crippen LogP contribution in [0.25, 0.3) is 0 Å². The minimum Gasteiger partial charge on any atom is -0.385 e. The van der Waals surface area contributed by atoms with Crippen molar-refractivity contribution >= 4 is 5.95 Å². The van der Waals surface area contributed by atoms with Gasteiger partial charge in [-0.25, -0.2) is 4.98 Å². The van der Waals surface area contributed by atoms with Crippen molar-refractivity contribution in [3.63, 3.8) is 0 Å². The van der Waals surface area contributed by atoms with Crippen molar-refractivity contribution in [2.75, 3.05) is 32.7 Å². The number of ether oxygens (including phenoxy) is 2. The van der Waals surface area contributed by atoms with E-state index >= 15 is 0 Å². The molecule has 0 amide bonds. The summed E-state index contributed by atoms with van der Waals surface area (Å²) in [5.41, 5.74) is 0. The normalized spacial score (nSPS) is 12.7. The quantitative estimate of drug-likeness (QED) is 0.681. The Morgan fingerprint density at radius 1 is 1.50 bits per heavy atom. The van der Waals surface area contributed by atoms with Crippen molar-refractivity contribution in [1.82, 2.24) is 9.55 Å². The summed E-state index contributed by atoms with van der Waals surface area (Å²) in [6.45, 7) is 4.46. The summed E-state index contributed by atoms with van der Waals surface area (Å²) in [6.07, 6.45) is 4.94. The number of nitrogens with one attached hydrogen (secondary N) is 1. The molecule has 0 aliphatic carbocycles. The molecular formula is C11H21N3O2. The summed E-state index contributed by atoms with van der Waals surface area (Å²) in [5.74, 6) is 0.889. The predicted molar refractivity (Wildman–Crippen MR) is 63.7 cm³/mol. The van der Waals surface area contributed by atoms with Crippen LogP contribution in [0.15, 0.2) is 12.4 Å². The van der Waals surface area contributed by atoms with Gasteiger partial charge in [0, 0.05) is 46.3 Å². The SMILES string of the molecule is COCCCn1ccnc1NCC(C)OC. The number of nitrogens with zero attached hydrogens (tertiary/aromatic N) is 2. The van der Waals surface area contributed by atoms with Crippen LogP contribution >= 0.6 is 0 Å². The van der Waals surface area contributed by atoms with Crippen molar-refractivity contribution in [1.29, 1.82) is 0 Å². The second kappa shape index (κ2) is 7.24. The highest BCUT2D eigenvalue weighted by Gasteiger charge is 2.04. The number of methoxy groups -OCH3 is 2. The Kier molecular flexibility index (Phi) is 5.88. The summed E-state index contributed by atoms with van der Waals surface area (Å²) in [5, 5.41) is 3.26. The number of hydrogen-bond donors (Lipinski definition) is 1. The van der Waals surface area contributed by atoms with Crippen molar-refractivity contribution < 1.29 is 9.47 Å². The molecule has 0 fully saturated rings. The van der Waals surface area contributed by atoms with Crippen LogP contribution in [-0.2, 0) is 16.0 Å². The maximum atomic E-state index is 5.17. The highest BCUT2D eigenvalue weighted by Crippen LogP contribution is 2.05. The van der Waals surface area contributed by atoms with E-state index in [0.29, 0.717) is 0 Å². The van der Waals surface area contributed by atoms with Crippen molar-refractivity contribution in [2.24, 2.45) is 0 Å². The fourth-order valence-electron chi connectivity index (χ4n) is 1.35. The van der Waals surface area contributed by atoms with E-state index in [1.165, 1.54) is 0 Å². The molecule has 0 bridgehead atoms. The third kappa shape index (κ3) is 4.20. The highest BCUT2D eigenvalue weighted by molar-refractivity contribution is 5.25. The summed E-state index contributed by atoms with van der Waals surface area (Å²) < 4.78 is 12.3. The van der Waals surface area contributed by atoms with Crippen LogP contribution in [0, 0.1) is 0 Å². The Balaban J connectivity index is 2.37. The number of hydrogen-bond acceptors (Lipinski definition) is 4. The smallest absolute Gasteiger partial charge is 0.202 e. The number of aryl methyl sites for hydroxylation is 1. The molecule has 0 saturated heterocycles. The van der Waals surface area contributed by atoms with Gasteiger partial charge in [-0.1, -0.05) is 0 Å². The topological polar surface area (TPSA) is 48.3 Å². The van der Waals surface area contributed by atoms with Crippen molar-refractivity contribution in [2.45, 2.75) is 26.0 Å². The summed E-state index contributed by atoms with van der Waals surface area (Å²) >= 11 is 0. The minimum atomic E-state index is 0.184. The second-order valence-corrected chi connectivity index (χ2v) is 3.72. The Hall–Kier alpha value is -1.07. The lowest BCUT2D eigenvalue weighted by Crippen LogP contribution is -2.20. The maximum Gasteiger partial charge on any atom is 0.202 e. The van der Waals surface area contributed by atoms with E-state index in [0.717, 1.165) is 32.1 Å². The van der Waals surface area contributed by atoms with Gasteiger partial charge in [0.05, 0.1) is 6.10 Å². The predicted octanol–water partition coefficient (Wildman–Crippen LogP) is 1.37. The molecule has 0 spiro atoms. The van der Waals surface area contributed by atoms with E-state index in [1.807, 2.05) is 13.1 Å². The Morgan fingerprint density at radius 2 is 2.31 bits per heavy atom. The molecule has 1 aromatic rings. The molecule has 1 N–H and O–H groups in total. The lowest BCUT2D eigenvalue weighted by atomic mass is 10.4. The molecule has 1 heterocycles. The van der Waals surface area contributed by atoms with Gasteiger partial charge in [-0.2, -0.15) is 0 Å². The van der Waals surface area contributed by atoms with Gasteiger partial charge in [0.25, 0.3) is 0 Å². The summed E-state index contributed by atoms with van der Waals surface area (Å²) in [4.78, 5) is 4.26. The van der Waals surface area contributed by atoms with Gasteiger partial charge >= 0.3 is 0 Å². The molecule has 0 saturated carbocycles. The minimum absolute atomic E-state index is 0.184. The van der Waals surface area contributed by atoms with Gasteiger partial charge < -0.3 is 19.4 Å². The molecule has 1 aromatic heterocycles. The first-order valence-electron chi connectivity index (χ1n) is 5.54. The number of rotatable bonds is 8. The summed E-state index contributed by atoms with van der Waals surface area (Å²) in [6, 6.07) is 0. The van der Waals surface area contributed by atoms with Crippen LogP contribution in [-0.4, -0.2) is 43.0 Å².